The van der Waals surface area contributed by atoms with E-state index >= 15 is 0 Å². The monoisotopic (exact) mass is 400 g/mol. The largest absolute Gasteiger partial charge is 0.494 e. The van der Waals surface area contributed by atoms with Gasteiger partial charge in [-0.05, 0) is 66.2 Å². The third kappa shape index (κ3) is 5.15. The van der Waals surface area contributed by atoms with Crippen LogP contribution in [0.2, 0.25) is 5.02 Å². The lowest BCUT2D eigenvalue weighted by atomic mass is 10.2. The Morgan fingerprint density at radius 1 is 1.15 bits per heavy atom. The van der Waals surface area contributed by atoms with Gasteiger partial charge in [-0.2, -0.15) is 0 Å². The number of halogens is 1. The molecular formula is C21H21ClN2O2S. The molecule has 3 rings (SSSR count). The molecule has 6 heteroatoms. The zero-order valence-corrected chi connectivity index (χ0v) is 16.9. The highest BCUT2D eigenvalue weighted by Crippen LogP contribution is 2.33. The highest BCUT2D eigenvalue weighted by atomic mass is 35.5. The molecule has 0 bridgehead atoms. The second kappa shape index (κ2) is 9.11. The van der Waals surface area contributed by atoms with Crippen LogP contribution in [0.3, 0.4) is 0 Å². The Balaban J connectivity index is 1.73. The Kier molecular flexibility index (Phi) is 6.58. The lowest BCUT2D eigenvalue weighted by Gasteiger charge is -2.07. The zero-order chi connectivity index (χ0) is 19.2. The Labute approximate surface area is 168 Å². The predicted octanol–water partition coefficient (Wildman–Crippen LogP) is 5.75. The maximum atomic E-state index is 12.5. The minimum Gasteiger partial charge on any atom is -0.494 e. The molecule has 2 aromatic carbocycles. The summed E-state index contributed by atoms with van der Waals surface area (Å²) in [5, 5.41) is 1.30. The van der Waals surface area contributed by atoms with Crippen LogP contribution in [0.25, 0.3) is 6.08 Å². The number of likely N-dealkylation sites (N-methyl/N-ethyl adjacent to an activating group) is 1. The van der Waals surface area contributed by atoms with E-state index in [1.54, 1.807) is 24.1 Å². The summed E-state index contributed by atoms with van der Waals surface area (Å²) in [6.07, 6.45) is 4.03. The Morgan fingerprint density at radius 2 is 1.85 bits per heavy atom. The standard InChI is InChI=1S/C21H21ClN2O2S/c1-3-4-13-26-18-11-5-15(6-12-18)14-19-20(25)24(2)21(27-19)23-17-9-7-16(22)8-10-17/h5-12,14H,3-4,13H2,1-2H3/b19-14+,23-21?. The fourth-order valence-electron chi connectivity index (χ4n) is 2.42. The van der Waals surface area contributed by atoms with Crippen molar-refractivity contribution in [2.24, 2.45) is 4.99 Å². The molecule has 0 radical (unpaired) electrons. The van der Waals surface area contributed by atoms with E-state index in [0.717, 1.165) is 36.4 Å². The molecule has 0 aromatic heterocycles. The Morgan fingerprint density at radius 3 is 2.52 bits per heavy atom. The normalized spacial score (nSPS) is 17.1. The molecule has 0 saturated carbocycles. The topological polar surface area (TPSA) is 41.9 Å². The van der Waals surface area contributed by atoms with Crippen molar-refractivity contribution < 1.29 is 9.53 Å². The molecule has 0 unspecified atom stereocenters. The van der Waals surface area contributed by atoms with Gasteiger partial charge < -0.3 is 4.74 Å². The number of amides is 1. The molecule has 1 fully saturated rings. The first-order valence-electron chi connectivity index (χ1n) is 8.81. The molecule has 2 aromatic rings. The van der Waals surface area contributed by atoms with Crippen LogP contribution in [0.15, 0.2) is 58.4 Å². The Hall–Kier alpha value is -2.24. The number of benzene rings is 2. The van der Waals surface area contributed by atoms with Crippen LogP contribution in [0, 0.1) is 0 Å². The van der Waals surface area contributed by atoms with Crippen LogP contribution in [0.5, 0.6) is 5.75 Å². The summed E-state index contributed by atoms with van der Waals surface area (Å²) in [5.41, 5.74) is 1.71. The van der Waals surface area contributed by atoms with Crippen LogP contribution in [0.4, 0.5) is 5.69 Å². The van der Waals surface area contributed by atoms with Gasteiger partial charge in [-0.25, -0.2) is 4.99 Å². The average molecular weight is 401 g/mol. The number of thioether (sulfide) groups is 1. The highest BCUT2D eigenvalue weighted by Gasteiger charge is 2.30. The smallest absolute Gasteiger partial charge is 0.266 e. The number of hydrogen-bond donors (Lipinski definition) is 0. The Bertz CT molecular complexity index is 861. The summed E-state index contributed by atoms with van der Waals surface area (Å²) >= 11 is 7.27. The van der Waals surface area contributed by atoms with E-state index in [-0.39, 0.29) is 5.91 Å². The maximum Gasteiger partial charge on any atom is 0.266 e. The molecule has 27 heavy (non-hydrogen) atoms. The van der Waals surface area contributed by atoms with Crippen molar-refractivity contribution in [2.75, 3.05) is 13.7 Å². The number of carbonyl (C=O) groups excluding carboxylic acids is 1. The second-order valence-corrected chi connectivity index (χ2v) is 7.56. The van der Waals surface area contributed by atoms with E-state index in [4.69, 9.17) is 16.3 Å². The van der Waals surface area contributed by atoms with Crippen LogP contribution in [0.1, 0.15) is 25.3 Å². The van der Waals surface area contributed by atoms with Crippen molar-refractivity contribution in [1.29, 1.82) is 0 Å². The number of aliphatic imine (C=N–C) groups is 1. The lowest BCUT2D eigenvalue weighted by Crippen LogP contribution is -2.23. The molecule has 1 amide bonds. The summed E-state index contributed by atoms with van der Waals surface area (Å²) in [4.78, 5) is 19.3. The summed E-state index contributed by atoms with van der Waals surface area (Å²) in [6, 6.07) is 15.0. The first-order chi connectivity index (χ1) is 13.1. The lowest BCUT2D eigenvalue weighted by molar-refractivity contribution is -0.121. The van der Waals surface area contributed by atoms with Gasteiger partial charge in [0.15, 0.2) is 5.17 Å². The molecule has 1 saturated heterocycles. The average Bonchev–Trinajstić information content (AvgIpc) is 2.93. The quantitative estimate of drug-likeness (QED) is 0.457. The minimum absolute atomic E-state index is 0.0593. The van der Waals surface area contributed by atoms with Crippen molar-refractivity contribution >= 4 is 46.2 Å². The molecule has 1 aliphatic rings. The van der Waals surface area contributed by atoms with Gasteiger partial charge in [0.25, 0.3) is 5.91 Å². The molecule has 0 atom stereocenters. The number of hydrogen-bond acceptors (Lipinski definition) is 4. The molecule has 0 spiro atoms. The number of amidine groups is 1. The molecule has 0 aliphatic carbocycles. The van der Waals surface area contributed by atoms with Crippen LogP contribution in [-0.4, -0.2) is 29.6 Å². The third-order valence-corrected chi connectivity index (χ3v) is 5.31. The van der Waals surface area contributed by atoms with E-state index in [9.17, 15) is 4.79 Å². The minimum atomic E-state index is -0.0593. The summed E-state index contributed by atoms with van der Waals surface area (Å²) in [5.74, 6) is 0.786. The number of nitrogens with zero attached hydrogens (tertiary/aromatic N) is 2. The van der Waals surface area contributed by atoms with Gasteiger partial charge in [0, 0.05) is 12.1 Å². The SMILES string of the molecule is CCCCOc1ccc(/C=C2/SC(=Nc3ccc(Cl)cc3)N(C)C2=O)cc1. The summed E-state index contributed by atoms with van der Waals surface area (Å²) in [7, 11) is 1.73. The maximum absolute atomic E-state index is 12.5. The van der Waals surface area contributed by atoms with Gasteiger partial charge in [0.05, 0.1) is 17.2 Å². The molecule has 1 aliphatic heterocycles. The third-order valence-electron chi connectivity index (χ3n) is 4.00. The first-order valence-corrected chi connectivity index (χ1v) is 10.0. The fraction of sp³-hybridized carbons (Fsp3) is 0.238. The van der Waals surface area contributed by atoms with E-state index in [0.29, 0.717) is 15.1 Å². The molecule has 4 nitrogen and oxygen atoms in total. The van der Waals surface area contributed by atoms with Crippen LogP contribution >= 0.6 is 23.4 Å². The summed E-state index contributed by atoms with van der Waals surface area (Å²) < 4.78 is 5.67. The van der Waals surface area contributed by atoms with Crippen LogP contribution < -0.4 is 4.74 Å². The van der Waals surface area contributed by atoms with E-state index in [2.05, 4.69) is 11.9 Å². The van der Waals surface area contributed by atoms with Crippen molar-refractivity contribution in [3.8, 4) is 5.75 Å². The number of unbranched alkanes of at least 4 members (excludes halogenated alkanes) is 1. The van der Waals surface area contributed by atoms with Gasteiger partial charge >= 0.3 is 0 Å². The molecular weight excluding hydrogens is 380 g/mol. The van der Waals surface area contributed by atoms with Gasteiger partial charge in [-0.3, -0.25) is 9.69 Å². The highest BCUT2D eigenvalue weighted by molar-refractivity contribution is 8.18. The predicted molar refractivity (Wildman–Crippen MR) is 114 cm³/mol. The van der Waals surface area contributed by atoms with Gasteiger partial charge in [-0.1, -0.05) is 37.1 Å². The van der Waals surface area contributed by atoms with E-state index < -0.39 is 0 Å². The van der Waals surface area contributed by atoms with Crippen molar-refractivity contribution in [3.05, 3.63) is 64.0 Å². The van der Waals surface area contributed by atoms with Crippen molar-refractivity contribution in [2.45, 2.75) is 19.8 Å². The molecule has 0 N–H and O–H groups in total. The van der Waals surface area contributed by atoms with Crippen molar-refractivity contribution in [1.82, 2.24) is 4.90 Å². The second-order valence-electron chi connectivity index (χ2n) is 6.12. The van der Waals surface area contributed by atoms with E-state index in [1.165, 1.54) is 11.8 Å². The fourth-order valence-corrected chi connectivity index (χ4v) is 3.54. The van der Waals surface area contributed by atoms with Crippen molar-refractivity contribution in [3.63, 3.8) is 0 Å². The number of carbonyl (C=O) groups is 1. The first kappa shape index (κ1) is 19.5. The molecule has 140 valence electrons. The van der Waals surface area contributed by atoms with Gasteiger partial charge in [-0.15, -0.1) is 0 Å². The van der Waals surface area contributed by atoms with E-state index in [1.807, 2.05) is 42.5 Å². The zero-order valence-electron chi connectivity index (χ0n) is 15.3. The number of rotatable bonds is 6. The summed E-state index contributed by atoms with van der Waals surface area (Å²) in [6.45, 7) is 2.86. The van der Waals surface area contributed by atoms with Gasteiger partial charge in [0.2, 0.25) is 0 Å². The number of ether oxygens (including phenoxy) is 1. The van der Waals surface area contributed by atoms with Gasteiger partial charge in [0.1, 0.15) is 5.75 Å². The van der Waals surface area contributed by atoms with Crippen LogP contribution in [-0.2, 0) is 4.79 Å². The molecule has 1 heterocycles.